The topological polar surface area (TPSA) is 52.3 Å². The molecule has 0 aromatic rings. The third-order valence-electron chi connectivity index (χ3n) is 1.36. The van der Waals surface area contributed by atoms with Gasteiger partial charge in [-0.2, -0.15) is 11.8 Å². The van der Waals surface area contributed by atoms with Crippen LogP contribution in [0.3, 0.4) is 0 Å². The van der Waals surface area contributed by atoms with Crippen molar-refractivity contribution in [2.24, 2.45) is 5.73 Å². The van der Waals surface area contributed by atoms with Gasteiger partial charge in [0.05, 0.1) is 6.42 Å². The summed E-state index contributed by atoms with van der Waals surface area (Å²) in [6.07, 6.45) is 1.51. The highest BCUT2D eigenvalue weighted by Crippen LogP contribution is 2.10. The predicted octanol–water partition coefficient (Wildman–Crippen LogP) is 1.80. The molecule has 0 heterocycles. The molecule has 0 rings (SSSR count). The van der Waals surface area contributed by atoms with E-state index in [1.54, 1.807) is 11.8 Å². The molecule has 0 radical (unpaired) electrons. The van der Waals surface area contributed by atoms with Gasteiger partial charge in [-0.05, 0) is 39.5 Å². The number of carbonyl (C=O) groups excluding carboxylic acids is 1. The Kier molecular flexibility index (Phi) is 7.01. The quantitative estimate of drug-likeness (QED) is 0.547. The SMILES string of the molecule is CC(C)(C)OC(=O)CCSCCCN. The maximum atomic E-state index is 11.2. The lowest BCUT2D eigenvalue weighted by Crippen LogP contribution is -2.24. The summed E-state index contributed by atoms with van der Waals surface area (Å²) in [4.78, 5) is 11.2. The molecule has 14 heavy (non-hydrogen) atoms. The van der Waals surface area contributed by atoms with Gasteiger partial charge in [-0.1, -0.05) is 0 Å². The second-order valence-corrected chi connectivity index (χ2v) is 5.32. The number of nitrogens with two attached hydrogens (primary N) is 1. The summed E-state index contributed by atoms with van der Waals surface area (Å²) in [7, 11) is 0. The van der Waals surface area contributed by atoms with Crippen molar-refractivity contribution in [3.63, 3.8) is 0 Å². The first kappa shape index (κ1) is 13.8. The molecule has 4 heteroatoms. The molecule has 0 aromatic carbocycles. The summed E-state index contributed by atoms with van der Waals surface area (Å²) in [6, 6.07) is 0. The molecule has 84 valence electrons. The zero-order chi connectivity index (χ0) is 11.0. The minimum absolute atomic E-state index is 0.113. The summed E-state index contributed by atoms with van der Waals surface area (Å²) in [6.45, 7) is 6.37. The van der Waals surface area contributed by atoms with Crippen molar-refractivity contribution in [2.75, 3.05) is 18.1 Å². The van der Waals surface area contributed by atoms with E-state index in [1.165, 1.54) is 0 Å². The smallest absolute Gasteiger partial charge is 0.307 e. The normalized spacial score (nSPS) is 11.4. The van der Waals surface area contributed by atoms with Crippen molar-refractivity contribution in [1.82, 2.24) is 0 Å². The van der Waals surface area contributed by atoms with Gasteiger partial charge in [0.15, 0.2) is 0 Å². The average molecular weight is 219 g/mol. The van der Waals surface area contributed by atoms with Crippen LogP contribution in [0.25, 0.3) is 0 Å². The maximum absolute atomic E-state index is 11.2. The van der Waals surface area contributed by atoms with Gasteiger partial charge in [0, 0.05) is 5.75 Å². The Balaban J connectivity index is 3.36. The van der Waals surface area contributed by atoms with E-state index in [1.807, 2.05) is 20.8 Å². The minimum Gasteiger partial charge on any atom is -0.460 e. The highest BCUT2D eigenvalue weighted by atomic mass is 32.2. The van der Waals surface area contributed by atoms with Crippen molar-refractivity contribution in [3.05, 3.63) is 0 Å². The van der Waals surface area contributed by atoms with E-state index in [0.717, 1.165) is 24.5 Å². The Morgan fingerprint density at radius 3 is 2.50 bits per heavy atom. The third-order valence-corrected chi connectivity index (χ3v) is 2.43. The van der Waals surface area contributed by atoms with Crippen LogP contribution in [0.5, 0.6) is 0 Å². The van der Waals surface area contributed by atoms with E-state index in [9.17, 15) is 4.79 Å². The Hall–Kier alpha value is -0.220. The monoisotopic (exact) mass is 219 g/mol. The summed E-state index contributed by atoms with van der Waals surface area (Å²) >= 11 is 1.75. The lowest BCUT2D eigenvalue weighted by atomic mass is 10.2. The van der Waals surface area contributed by atoms with E-state index < -0.39 is 0 Å². The molecular weight excluding hydrogens is 198 g/mol. The second kappa shape index (κ2) is 7.12. The van der Waals surface area contributed by atoms with Gasteiger partial charge in [0.25, 0.3) is 0 Å². The molecule has 0 atom stereocenters. The van der Waals surface area contributed by atoms with E-state index >= 15 is 0 Å². The van der Waals surface area contributed by atoms with Crippen LogP contribution in [0.1, 0.15) is 33.6 Å². The number of carbonyl (C=O) groups is 1. The van der Waals surface area contributed by atoms with E-state index in [-0.39, 0.29) is 11.6 Å². The molecule has 0 bridgehead atoms. The summed E-state index contributed by atoms with van der Waals surface area (Å²) in [5.41, 5.74) is 4.99. The largest absolute Gasteiger partial charge is 0.460 e. The fraction of sp³-hybridized carbons (Fsp3) is 0.900. The Labute approximate surface area is 90.8 Å². The van der Waals surface area contributed by atoms with Crippen LogP contribution in [0.15, 0.2) is 0 Å². The van der Waals surface area contributed by atoms with Crippen LogP contribution in [0, 0.1) is 0 Å². The molecule has 0 aliphatic heterocycles. The van der Waals surface area contributed by atoms with Crippen LogP contribution in [-0.4, -0.2) is 29.6 Å². The molecule has 0 aliphatic rings. The molecule has 0 aromatic heterocycles. The number of esters is 1. The van der Waals surface area contributed by atoms with Crippen LogP contribution in [0.4, 0.5) is 0 Å². The summed E-state index contributed by atoms with van der Waals surface area (Å²) in [5.74, 6) is 1.74. The van der Waals surface area contributed by atoms with Crippen LogP contribution in [-0.2, 0) is 9.53 Å². The maximum Gasteiger partial charge on any atom is 0.307 e. The van der Waals surface area contributed by atoms with Crippen molar-refractivity contribution in [2.45, 2.75) is 39.2 Å². The molecule has 0 saturated carbocycles. The van der Waals surface area contributed by atoms with Gasteiger partial charge < -0.3 is 10.5 Å². The summed E-state index contributed by atoms with van der Waals surface area (Å²) in [5, 5.41) is 0. The fourth-order valence-electron chi connectivity index (χ4n) is 0.835. The van der Waals surface area contributed by atoms with Gasteiger partial charge in [0.2, 0.25) is 0 Å². The average Bonchev–Trinajstić information content (AvgIpc) is 2.00. The molecular formula is C10H21NO2S. The lowest BCUT2D eigenvalue weighted by molar-refractivity contribution is -0.154. The van der Waals surface area contributed by atoms with Gasteiger partial charge >= 0.3 is 5.97 Å². The molecule has 0 aliphatic carbocycles. The Morgan fingerprint density at radius 1 is 1.36 bits per heavy atom. The first-order valence-corrected chi connectivity index (χ1v) is 6.11. The molecule has 3 nitrogen and oxygen atoms in total. The van der Waals surface area contributed by atoms with Crippen molar-refractivity contribution < 1.29 is 9.53 Å². The Morgan fingerprint density at radius 2 is 2.00 bits per heavy atom. The number of rotatable bonds is 6. The number of hydrogen-bond acceptors (Lipinski definition) is 4. The molecule has 0 amide bonds. The van der Waals surface area contributed by atoms with E-state index in [0.29, 0.717) is 6.42 Å². The van der Waals surface area contributed by atoms with Crippen LogP contribution >= 0.6 is 11.8 Å². The summed E-state index contributed by atoms with van der Waals surface area (Å²) < 4.78 is 5.17. The number of hydrogen-bond donors (Lipinski definition) is 1. The fourth-order valence-corrected chi connectivity index (χ4v) is 1.72. The van der Waals surface area contributed by atoms with Crippen LogP contribution < -0.4 is 5.73 Å². The first-order valence-electron chi connectivity index (χ1n) is 4.95. The van der Waals surface area contributed by atoms with Gasteiger partial charge in [-0.3, -0.25) is 4.79 Å². The first-order chi connectivity index (χ1) is 6.45. The number of ether oxygens (including phenoxy) is 1. The third kappa shape index (κ3) is 9.86. The predicted molar refractivity (Wildman–Crippen MR) is 61.5 cm³/mol. The lowest BCUT2D eigenvalue weighted by Gasteiger charge is -2.19. The molecule has 0 spiro atoms. The second-order valence-electron chi connectivity index (χ2n) is 4.09. The van der Waals surface area contributed by atoms with Crippen molar-refractivity contribution in [1.29, 1.82) is 0 Å². The van der Waals surface area contributed by atoms with Crippen molar-refractivity contribution in [3.8, 4) is 0 Å². The van der Waals surface area contributed by atoms with E-state index in [2.05, 4.69) is 0 Å². The highest BCUT2D eigenvalue weighted by molar-refractivity contribution is 7.99. The molecule has 0 saturated heterocycles. The van der Waals surface area contributed by atoms with Crippen LogP contribution in [0.2, 0.25) is 0 Å². The zero-order valence-corrected chi connectivity index (χ0v) is 10.2. The van der Waals surface area contributed by atoms with Gasteiger partial charge in [-0.15, -0.1) is 0 Å². The molecule has 0 fully saturated rings. The number of thioether (sulfide) groups is 1. The Bertz CT molecular complexity index is 166. The molecule has 2 N–H and O–H groups in total. The minimum atomic E-state index is -0.362. The zero-order valence-electron chi connectivity index (χ0n) is 9.34. The van der Waals surface area contributed by atoms with Gasteiger partial charge in [-0.25, -0.2) is 0 Å². The molecule has 0 unspecified atom stereocenters. The van der Waals surface area contributed by atoms with Gasteiger partial charge in [0.1, 0.15) is 5.60 Å². The van der Waals surface area contributed by atoms with E-state index in [4.69, 9.17) is 10.5 Å². The standard InChI is InChI=1S/C10H21NO2S/c1-10(2,3)13-9(12)5-8-14-7-4-6-11/h4-8,11H2,1-3H3. The highest BCUT2D eigenvalue weighted by Gasteiger charge is 2.15. The van der Waals surface area contributed by atoms with Crippen molar-refractivity contribution >= 4 is 17.7 Å².